The van der Waals surface area contributed by atoms with Gasteiger partial charge in [0.25, 0.3) is 5.91 Å². The normalized spacial score (nSPS) is 16.7. The van der Waals surface area contributed by atoms with Gasteiger partial charge in [-0.15, -0.1) is 0 Å². The first-order chi connectivity index (χ1) is 12.3. The number of hydrazone groups is 1. The van der Waals surface area contributed by atoms with E-state index in [1.54, 1.807) is 12.1 Å². The van der Waals surface area contributed by atoms with Crippen LogP contribution in [-0.4, -0.2) is 37.4 Å². The second kappa shape index (κ2) is 9.28. The summed E-state index contributed by atoms with van der Waals surface area (Å²) in [6, 6.07) is 6.17. The van der Waals surface area contributed by atoms with E-state index in [0.29, 0.717) is 24.6 Å². The summed E-state index contributed by atoms with van der Waals surface area (Å²) in [7, 11) is -3.55. The van der Waals surface area contributed by atoms with E-state index in [-0.39, 0.29) is 4.90 Å². The van der Waals surface area contributed by atoms with Gasteiger partial charge in [-0.05, 0) is 56.7 Å². The van der Waals surface area contributed by atoms with Gasteiger partial charge in [0, 0.05) is 24.4 Å². The van der Waals surface area contributed by atoms with Crippen molar-refractivity contribution < 1.29 is 13.2 Å². The van der Waals surface area contributed by atoms with Crippen molar-refractivity contribution in [3.8, 4) is 0 Å². The van der Waals surface area contributed by atoms with Gasteiger partial charge in [0.05, 0.1) is 4.90 Å². The highest BCUT2D eigenvalue weighted by Crippen LogP contribution is 2.21. The van der Waals surface area contributed by atoms with Crippen LogP contribution in [0.2, 0.25) is 0 Å². The van der Waals surface area contributed by atoms with Crippen LogP contribution in [0.1, 0.15) is 63.2 Å². The van der Waals surface area contributed by atoms with Crippen molar-refractivity contribution in [2.45, 2.75) is 57.8 Å². The summed E-state index contributed by atoms with van der Waals surface area (Å²) < 4.78 is 27.0. The van der Waals surface area contributed by atoms with Crippen molar-refractivity contribution >= 4 is 21.6 Å². The third-order valence-corrected chi connectivity index (χ3v) is 6.38. The summed E-state index contributed by atoms with van der Waals surface area (Å²) in [4.78, 5) is 12.5. The molecule has 1 aliphatic rings. The molecule has 1 aliphatic heterocycles. The Labute approximate surface area is 156 Å². The Kier molecular flexibility index (Phi) is 7.34. The van der Waals surface area contributed by atoms with Crippen molar-refractivity contribution in [3.63, 3.8) is 0 Å². The second-order valence-corrected chi connectivity index (χ2v) is 9.15. The predicted molar refractivity (Wildman–Crippen MR) is 104 cm³/mol. The number of amides is 1. The number of hydrogen-bond donors (Lipinski definition) is 1. The summed E-state index contributed by atoms with van der Waals surface area (Å²) >= 11 is 0. The Morgan fingerprint density at radius 3 is 2.58 bits per heavy atom. The summed E-state index contributed by atoms with van der Waals surface area (Å²) in [6.45, 7) is 7.23. The van der Waals surface area contributed by atoms with Crippen LogP contribution >= 0.6 is 0 Å². The molecule has 0 radical (unpaired) electrons. The minimum atomic E-state index is -3.55. The fraction of sp³-hybridized carbons (Fsp3) is 0.579. The van der Waals surface area contributed by atoms with Gasteiger partial charge in [-0.2, -0.15) is 9.41 Å². The molecule has 1 heterocycles. The number of nitrogens with one attached hydrogen (secondary N) is 1. The number of carbonyl (C=O) groups excluding carboxylic acids is 1. The molecule has 1 aromatic rings. The Bertz CT molecular complexity index is 751. The number of carbonyl (C=O) groups is 1. The van der Waals surface area contributed by atoms with E-state index in [2.05, 4.69) is 24.4 Å². The number of rotatable bonds is 7. The van der Waals surface area contributed by atoms with Crippen LogP contribution in [0.4, 0.5) is 0 Å². The van der Waals surface area contributed by atoms with Gasteiger partial charge in [-0.3, -0.25) is 4.79 Å². The molecule has 1 aromatic carbocycles. The number of hydrogen-bond acceptors (Lipinski definition) is 4. The zero-order valence-corrected chi connectivity index (χ0v) is 16.7. The maximum atomic E-state index is 12.7. The highest BCUT2D eigenvalue weighted by atomic mass is 32.2. The van der Waals surface area contributed by atoms with E-state index in [0.717, 1.165) is 37.8 Å². The molecule has 1 saturated heterocycles. The maximum Gasteiger partial charge on any atom is 0.271 e. The van der Waals surface area contributed by atoms with Crippen LogP contribution < -0.4 is 5.43 Å². The van der Waals surface area contributed by atoms with E-state index in [9.17, 15) is 13.2 Å². The standard InChI is InChI=1S/C19H29N3O3S/c1-15(2)10-11-16(3)20-21-19(23)17-8-7-9-18(14-17)26(24,25)22-12-5-4-6-13-22/h7-9,14-15H,4-6,10-13H2,1-3H3,(H,21,23)/b20-16-. The molecule has 0 bridgehead atoms. The van der Waals surface area contributed by atoms with Gasteiger partial charge in [-0.1, -0.05) is 26.3 Å². The van der Waals surface area contributed by atoms with Crippen LogP contribution in [0.25, 0.3) is 0 Å². The molecule has 2 rings (SSSR count). The minimum absolute atomic E-state index is 0.160. The SMILES string of the molecule is C/C(CCC(C)C)=N/NC(=O)c1cccc(S(=O)(=O)N2CCCCC2)c1. The molecule has 1 amide bonds. The zero-order chi connectivity index (χ0) is 19.2. The Hall–Kier alpha value is -1.73. The summed E-state index contributed by atoms with van der Waals surface area (Å²) in [5.74, 6) is 0.178. The maximum absolute atomic E-state index is 12.7. The lowest BCUT2D eigenvalue weighted by atomic mass is 10.1. The molecule has 0 aliphatic carbocycles. The van der Waals surface area contributed by atoms with E-state index in [1.807, 2.05) is 6.92 Å². The molecule has 0 saturated carbocycles. The fourth-order valence-corrected chi connectivity index (χ4v) is 4.38. The zero-order valence-electron chi connectivity index (χ0n) is 15.9. The summed E-state index contributed by atoms with van der Waals surface area (Å²) in [5.41, 5.74) is 3.67. The molecule has 0 aromatic heterocycles. The molecular formula is C19H29N3O3S. The number of piperidine rings is 1. The quantitative estimate of drug-likeness (QED) is 0.582. The van der Waals surface area contributed by atoms with Crippen LogP contribution in [0, 0.1) is 5.92 Å². The smallest absolute Gasteiger partial charge is 0.267 e. The molecule has 0 atom stereocenters. The Morgan fingerprint density at radius 2 is 1.92 bits per heavy atom. The Balaban J connectivity index is 2.08. The summed E-state index contributed by atoms with van der Waals surface area (Å²) in [6.07, 6.45) is 4.65. The molecule has 7 heteroatoms. The lowest BCUT2D eigenvalue weighted by molar-refractivity contribution is 0.0954. The fourth-order valence-electron chi connectivity index (χ4n) is 2.82. The monoisotopic (exact) mass is 379 g/mol. The second-order valence-electron chi connectivity index (χ2n) is 7.21. The van der Waals surface area contributed by atoms with Gasteiger partial charge >= 0.3 is 0 Å². The highest BCUT2D eigenvalue weighted by Gasteiger charge is 2.26. The number of nitrogens with zero attached hydrogens (tertiary/aromatic N) is 2. The van der Waals surface area contributed by atoms with E-state index in [1.165, 1.54) is 16.4 Å². The first-order valence-corrected chi connectivity index (χ1v) is 10.7. The third kappa shape index (κ3) is 5.64. The van der Waals surface area contributed by atoms with Gasteiger partial charge < -0.3 is 0 Å². The predicted octanol–water partition coefficient (Wildman–Crippen LogP) is 3.40. The molecule has 0 unspecified atom stereocenters. The molecule has 1 N–H and O–H groups in total. The van der Waals surface area contributed by atoms with Crippen molar-refractivity contribution in [1.29, 1.82) is 0 Å². The first kappa shape index (κ1) is 20.6. The van der Waals surface area contributed by atoms with Gasteiger partial charge in [-0.25, -0.2) is 13.8 Å². The van der Waals surface area contributed by atoms with Crippen molar-refractivity contribution in [2.75, 3.05) is 13.1 Å². The Morgan fingerprint density at radius 1 is 1.23 bits per heavy atom. The van der Waals surface area contributed by atoms with Gasteiger partial charge in [0.2, 0.25) is 10.0 Å². The molecule has 1 fully saturated rings. The first-order valence-electron chi connectivity index (χ1n) is 9.24. The van der Waals surface area contributed by atoms with E-state index >= 15 is 0 Å². The molecule has 26 heavy (non-hydrogen) atoms. The lowest BCUT2D eigenvalue weighted by Gasteiger charge is -2.25. The van der Waals surface area contributed by atoms with Crippen LogP contribution in [0.3, 0.4) is 0 Å². The van der Waals surface area contributed by atoms with Crippen LogP contribution in [0.5, 0.6) is 0 Å². The molecule has 144 valence electrons. The van der Waals surface area contributed by atoms with Gasteiger partial charge in [0.15, 0.2) is 0 Å². The topological polar surface area (TPSA) is 78.8 Å². The molecule has 0 spiro atoms. The minimum Gasteiger partial charge on any atom is -0.267 e. The van der Waals surface area contributed by atoms with Gasteiger partial charge in [0.1, 0.15) is 0 Å². The third-order valence-electron chi connectivity index (χ3n) is 4.48. The highest BCUT2D eigenvalue weighted by molar-refractivity contribution is 7.89. The van der Waals surface area contributed by atoms with E-state index < -0.39 is 15.9 Å². The van der Waals surface area contributed by atoms with E-state index in [4.69, 9.17) is 0 Å². The van der Waals surface area contributed by atoms with Crippen molar-refractivity contribution in [3.05, 3.63) is 29.8 Å². The van der Waals surface area contributed by atoms with Crippen LogP contribution in [0.15, 0.2) is 34.3 Å². The van der Waals surface area contributed by atoms with Crippen LogP contribution in [-0.2, 0) is 10.0 Å². The average Bonchev–Trinajstić information content (AvgIpc) is 2.65. The van der Waals surface area contributed by atoms with Crippen molar-refractivity contribution in [1.82, 2.24) is 9.73 Å². The van der Waals surface area contributed by atoms with Crippen molar-refractivity contribution in [2.24, 2.45) is 11.0 Å². The summed E-state index contributed by atoms with van der Waals surface area (Å²) in [5, 5.41) is 4.11. The number of benzene rings is 1. The average molecular weight is 380 g/mol. The molecule has 6 nitrogen and oxygen atoms in total. The number of sulfonamides is 1. The molecular weight excluding hydrogens is 350 g/mol. The lowest BCUT2D eigenvalue weighted by Crippen LogP contribution is -2.35. The largest absolute Gasteiger partial charge is 0.271 e.